The highest BCUT2D eigenvalue weighted by Crippen LogP contribution is 2.37. The highest BCUT2D eigenvalue weighted by Gasteiger charge is 2.43. The maximum Gasteiger partial charge on any atom is 0.290 e. The largest absolute Gasteiger partial charge is 0.497 e. The van der Waals surface area contributed by atoms with Gasteiger partial charge in [-0.3, -0.25) is 9.59 Å². The van der Waals surface area contributed by atoms with Crippen molar-refractivity contribution in [2.24, 2.45) is 0 Å². The van der Waals surface area contributed by atoms with Gasteiger partial charge in [-0.15, -0.1) is 0 Å². The predicted octanol–water partition coefficient (Wildman–Crippen LogP) is 3.69. The number of nitrogens with one attached hydrogen (secondary N) is 1. The van der Waals surface area contributed by atoms with Gasteiger partial charge in [0.15, 0.2) is 5.76 Å². The van der Waals surface area contributed by atoms with Crippen molar-refractivity contribution < 1.29 is 18.7 Å². The van der Waals surface area contributed by atoms with Gasteiger partial charge >= 0.3 is 0 Å². The number of carbonyl (C=O) groups is 2. The molecule has 148 valence electrons. The van der Waals surface area contributed by atoms with Gasteiger partial charge in [-0.05, 0) is 55.5 Å². The van der Waals surface area contributed by atoms with Crippen molar-refractivity contribution in [1.82, 2.24) is 10.2 Å². The Balaban J connectivity index is 1.67. The molecule has 2 aliphatic carbocycles. The summed E-state index contributed by atoms with van der Waals surface area (Å²) in [5.41, 5.74) is 0.781. The fraction of sp³-hybridized carbons (Fsp3) is 0.455. The van der Waals surface area contributed by atoms with E-state index in [2.05, 4.69) is 5.32 Å². The summed E-state index contributed by atoms with van der Waals surface area (Å²) >= 11 is 0. The number of nitrogens with zero attached hydrogens (tertiary/aromatic N) is 1. The Labute approximate surface area is 164 Å². The minimum atomic E-state index is -0.684. The topological polar surface area (TPSA) is 71.8 Å². The van der Waals surface area contributed by atoms with E-state index in [0.717, 1.165) is 44.1 Å². The number of methoxy groups -OCH3 is 1. The van der Waals surface area contributed by atoms with E-state index >= 15 is 0 Å². The number of hydrogen-bond acceptors (Lipinski definition) is 4. The number of ether oxygens (including phenoxy) is 1. The van der Waals surface area contributed by atoms with E-state index in [1.807, 2.05) is 24.3 Å². The Bertz CT molecular complexity index is 806. The van der Waals surface area contributed by atoms with Crippen molar-refractivity contribution in [2.45, 2.75) is 56.7 Å². The Hall–Kier alpha value is -2.76. The fourth-order valence-electron chi connectivity index (χ4n) is 3.95. The highest BCUT2D eigenvalue weighted by atomic mass is 16.5. The van der Waals surface area contributed by atoms with Crippen molar-refractivity contribution in [3.8, 4) is 5.75 Å². The number of benzene rings is 1. The number of rotatable bonds is 7. The van der Waals surface area contributed by atoms with Gasteiger partial charge < -0.3 is 19.4 Å². The van der Waals surface area contributed by atoms with Crippen molar-refractivity contribution in [3.05, 3.63) is 54.0 Å². The molecule has 0 saturated heterocycles. The SMILES string of the molecule is COc1ccc(C(C(=O)NC2CCCC2)N(C(=O)c2ccco2)C2CC2)cc1. The minimum Gasteiger partial charge on any atom is -0.497 e. The summed E-state index contributed by atoms with van der Waals surface area (Å²) in [6, 6.07) is 10.3. The normalized spacial score (nSPS) is 17.9. The lowest BCUT2D eigenvalue weighted by molar-refractivity contribution is -0.126. The van der Waals surface area contributed by atoms with Gasteiger partial charge in [0.2, 0.25) is 5.91 Å². The maximum atomic E-state index is 13.3. The Kier molecular flexibility index (Phi) is 5.37. The first-order chi connectivity index (χ1) is 13.7. The van der Waals surface area contributed by atoms with Gasteiger partial charge in [-0.1, -0.05) is 25.0 Å². The van der Waals surface area contributed by atoms with Gasteiger partial charge in [-0.2, -0.15) is 0 Å². The van der Waals surface area contributed by atoms with Crippen LogP contribution in [0.1, 0.15) is 60.7 Å². The average Bonchev–Trinajstić information content (AvgIpc) is 3.17. The smallest absolute Gasteiger partial charge is 0.290 e. The second kappa shape index (κ2) is 8.09. The van der Waals surface area contributed by atoms with Crippen molar-refractivity contribution >= 4 is 11.8 Å². The van der Waals surface area contributed by atoms with Crippen LogP contribution >= 0.6 is 0 Å². The van der Waals surface area contributed by atoms with Gasteiger partial charge in [-0.25, -0.2) is 0 Å². The van der Waals surface area contributed by atoms with E-state index in [-0.39, 0.29) is 29.7 Å². The van der Waals surface area contributed by atoms with Crippen LogP contribution in [-0.2, 0) is 4.79 Å². The summed E-state index contributed by atoms with van der Waals surface area (Å²) in [6.45, 7) is 0. The molecule has 6 nitrogen and oxygen atoms in total. The van der Waals surface area contributed by atoms with Gasteiger partial charge in [0.1, 0.15) is 11.8 Å². The Morgan fingerprint density at radius 3 is 2.39 bits per heavy atom. The van der Waals surface area contributed by atoms with E-state index < -0.39 is 6.04 Å². The molecule has 1 aromatic carbocycles. The van der Waals surface area contributed by atoms with E-state index in [4.69, 9.17) is 9.15 Å². The lowest BCUT2D eigenvalue weighted by atomic mass is 10.0. The number of hydrogen-bond donors (Lipinski definition) is 1. The number of amides is 2. The molecule has 0 radical (unpaired) electrons. The molecule has 2 aromatic rings. The number of furan rings is 1. The van der Waals surface area contributed by atoms with Crippen LogP contribution in [0.2, 0.25) is 0 Å². The molecule has 28 heavy (non-hydrogen) atoms. The molecule has 2 amide bonds. The molecule has 6 heteroatoms. The first-order valence-electron chi connectivity index (χ1n) is 9.98. The number of carbonyl (C=O) groups excluding carboxylic acids is 2. The summed E-state index contributed by atoms with van der Waals surface area (Å²) < 4.78 is 10.6. The molecule has 1 unspecified atom stereocenters. The standard InChI is InChI=1S/C22H26N2O4/c1-27-18-12-8-15(9-13-18)20(21(25)23-16-5-2-3-6-16)24(17-10-11-17)22(26)19-7-4-14-28-19/h4,7-9,12-14,16-17,20H,2-3,5-6,10-11H2,1H3,(H,23,25). The summed E-state index contributed by atoms with van der Waals surface area (Å²) in [4.78, 5) is 28.2. The van der Waals surface area contributed by atoms with Crippen LogP contribution in [0.4, 0.5) is 0 Å². The zero-order chi connectivity index (χ0) is 19.5. The molecule has 0 spiro atoms. The van der Waals surface area contributed by atoms with Gasteiger partial charge in [0.05, 0.1) is 13.4 Å². The molecule has 1 heterocycles. The molecular formula is C22H26N2O4. The minimum absolute atomic E-state index is 0.0547. The summed E-state index contributed by atoms with van der Waals surface area (Å²) in [6.07, 6.45) is 7.55. The van der Waals surface area contributed by atoms with Crippen molar-refractivity contribution in [2.75, 3.05) is 7.11 Å². The van der Waals surface area contributed by atoms with Crippen LogP contribution < -0.4 is 10.1 Å². The molecular weight excluding hydrogens is 356 g/mol. The first-order valence-corrected chi connectivity index (χ1v) is 9.98. The molecule has 2 saturated carbocycles. The third-order valence-electron chi connectivity index (χ3n) is 5.57. The average molecular weight is 382 g/mol. The van der Waals surface area contributed by atoms with Crippen LogP contribution in [0.25, 0.3) is 0 Å². The molecule has 0 bridgehead atoms. The molecule has 0 aliphatic heterocycles. The lowest BCUT2D eigenvalue weighted by Crippen LogP contribution is -2.47. The second-order valence-electron chi connectivity index (χ2n) is 7.59. The first kappa shape index (κ1) is 18.6. The van der Waals surface area contributed by atoms with Crippen molar-refractivity contribution in [3.63, 3.8) is 0 Å². The highest BCUT2D eigenvalue weighted by molar-refractivity contribution is 5.96. The fourth-order valence-corrected chi connectivity index (χ4v) is 3.95. The zero-order valence-electron chi connectivity index (χ0n) is 16.1. The van der Waals surface area contributed by atoms with E-state index in [1.165, 1.54) is 6.26 Å². The van der Waals surface area contributed by atoms with Crippen LogP contribution in [-0.4, -0.2) is 35.9 Å². The summed E-state index contributed by atoms with van der Waals surface area (Å²) in [7, 11) is 1.61. The van der Waals surface area contributed by atoms with E-state index in [9.17, 15) is 9.59 Å². The third kappa shape index (κ3) is 3.91. The predicted molar refractivity (Wildman–Crippen MR) is 104 cm³/mol. The van der Waals surface area contributed by atoms with Crippen LogP contribution in [0.3, 0.4) is 0 Å². The molecule has 2 fully saturated rings. The lowest BCUT2D eigenvalue weighted by Gasteiger charge is -2.32. The second-order valence-corrected chi connectivity index (χ2v) is 7.59. The van der Waals surface area contributed by atoms with E-state index in [0.29, 0.717) is 5.75 Å². The van der Waals surface area contributed by atoms with Gasteiger partial charge in [0, 0.05) is 12.1 Å². The molecule has 1 aromatic heterocycles. The zero-order valence-corrected chi connectivity index (χ0v) is 16.1. The van der Waals surface area contributed by atoms with Crippen LogP contribution in [0, 0.1) is 0 Å². The molecule has 1 atom stereocenters. The van der Waals surface area contributed by atoms with Crippen LogP contribution in [0.15, 0.2) is 47.1 Å². The molecule has 2 aliphatic rings. The van der Waals surface area contributed by atoms with Crippen molar-refractivity contribution in [1.29, 1.82) is 0 Å². The summed E-state index contributed by atoms with van der Waals surface area (Å²) in [5, 5.41) is 3.17. The maximum absolute atomic E-state index is 13.3. The monoisotopic (exact) mass is 382 g/mol. The molecule has 4 rings (SSSR count). The van der Waals surface area contributed by atoms with Crippen LogP contribution in [0.5, 0.6) is 5.75 Å². The van der Waals surface area contributed by atoms with E-state index in [1.54, 1.807) is 24.1 Å². The quantitative estimate of drug-likeness (QED) is 0.793. The summed E-state index contributed by atoms with van der Waals surface area (Å²) in [5.74, 6) is 0.617. The third-order valence-corrected chi connectivity index (χ3v) is 5.57. The Morgan fingerprint density at radius 2 is 1.82 bits per heavy atom. The Morgan fingerprint density at radius 1 is 1.11 bits per heavy atom. The molecule has 1 N–H and O–H groups in total. The van der Waals surface area contributed by atoms with Gasteiger partial charge in [0.25, 0.3) is 5.91 Å².